The van der Waals surface area contributed by atoms with Crippen LogP contribution in [0.15, 0.2) is 48.7 Å². The predicted molar refractivity (Wildman–Crippen MR) is 97.0 cm³/mol. The third-order valence-corrected chi connectivity index (χ3v) is 4.32. The lowest BCUT2D eigenvalue weighted by molar-refractivity contribution is -0.130. The lowest BCUT2D eigenvalue weighted by Gasteiger charge is -2.33. The summed E-state index contributed by atoms with van der Waals surface area (Å²) in [6.45, 7) is 4.67. The number of hydrogen-bond acceptors (Lipinski definition) is 4. The van der Waals surface area contributed by atoms with Gasteiger partial charge in [-0.2, -0.15) is 0 Å². The van der Waals surface area contributed by atoms with Gasteiger partial charge in [-0.3, -0.25) is 14.5 Å². The van der Waals surface area contributed by atoms with Gasteiger partial charge < -0.3 is 10.2 Å². The van der Waals surface area contributed by atoms with Gasteiger partial charge in [0.25, 0.3) is 0 Å². The lowest BCUT2D eigenvalue weighted by atomic mass is 10.1. The zero-order chi connectivity index (χ0) is 17.6. The third-order valence-electron chi connectivity index (χ3n) is 4.32. The van der Waals surface area contributed by atoms with Crippen molar-refractivity contribution in [2.75, 3.05) is 38.0 Å². The van der Waals surface area contributed by atoms with Crippen molar-refractivity contribution in [1.82, 2.24) is 14.8 Å². The molecule has 130 valence electrons. The van der Waals surface area contributed by atoms with Gasteiger partial charge in [-0.15, -0.1) is 0 Å². The Morgan fingerprint density at radius 1 is 1.00 bits per heavy atom. The first kappa shape index (κ1) is 17.1. The number of rotatable bonds is 4. The van der Waals surface area contributed by atoms with Crippen LogP contribution in [-0.4, -0.2) is 59.3 Å². The van der Waals surface area contributed by atoms with Gasteiger partial charge in [0.2, 0.25) is 11.8 Å². The molecule has 0 spiro atoms. The molecule has 0 saturated carbocycles. The molecule has 1 N–H and O–H groups in total. The molecule has 1 saturated heterocycles. The highest BCUT2D eigenvalue weighted by molar-refractivity contribution is 5.91. The minimum absolute atomic E-state index is 0.0868. The van der Waals surface area contributed by atoms with E-state index in [0.29, 0.717) is 38.5 Å². The molecule has 25 heavy (non-hydrogen) atoms. The molecule has 2 amide bonds. The molecule has 1 aliphatic rings. The minimum atomic E-state index is -0.0868. The number of carbonyl (C=O) groups excluding carboxylic acids is 2. The number of aromatic nitrogens is 1. The van der Waals surface area contributed by atoms with Crippen molar-refractivity contribution in [2.24, 2.45) is 0 Å². The molecule has 1 aromatic heterocycles. The highest BCUT2D eigenvalue weighted by atomic mass is 16.2. The summed E-state index contributed by atoms with van der Waals surface area (Å²) in [5.41, 5.74) is 2.11. The van der Waals surface area contributed by atoms with Gasteiger partial charge in [0.15, 0.2) is 0 Å². The Bertz CT molecular complexity index is 723. The number of pyridine rings is 1. The normalized spacial score (nSPS) is 15.0. The second-order valence-corrected chi connectivity index (χ2v) is 6.13. The summed E-state index contributed by atoms with van der Waals surface area (Å²) < 4.78 is 0. The topological polar surface area (TPSA) is 65.5 Å². The molecule has 2 aromatic rings. The highest BCUT2D eigenvalue weighted by Crippen LogP contribution is 2.18. The fourth-order valence-corrected chi connectivity index (χ4v) is 2.88. The van der Waals surface area contributed by atoms with Gasteiger partial charge in [0.1, 0.15) is 5.82 Å². The third kappa shape index (κ3) is 4.64. The van der Waals surface area contributed by atoms with Crippen LogP contribution in [0.5, 0.6) is 0 Å². The summed E-state index contributed by atoms with van der Waals surface area (Å²) in [6, 6.07) is 13.7. The zero-order valence-corrected chi connectivity index (χ0v) is 14.3. The standard InChI is InChI=1S/C19H22N4O2/c1-15(24)23-11-9-22(10-12-23)14-19(25)21-18-8-7-17(13-20-18)16-5-3-2-4-6-16/h2-8,13H,9-12,14H2,1H3,(H,20,21,25). The zero-order valence-electron chi connectivity index (χ0n) is 14.3. The molecular formula is C19H22N4O2. The van der Waals surface area contributed by atoms with Crippen LogP contribution in [0.25, 0.3) is 11.1 Å². The molecule has 0 aliphatic carbocycles. The number of nitrogens with one attached hydrogen (secondary N) is 1. The second-order valence-electron chi connectivity index (χ2n) is 6.13. The summed E-state index contributed by atoms with van der Waals surface area (Å²) in [5.74, 6) is 0.551. The monoisotopic (exact) mass is 338 g/mol. The molecular weight excluding hydrogens is 316 g/mol. The van der Waals surface area contributed by atoms with Crippen LogP contribution >= 0.6 is 0 Å². The molecule has 0 bridgehead atoms. The average Bonchev–Trinajstić information content (AvgIpc) is 2.63. The molecule has 3 rings (SSSR count). The van der Waals surface area contributed by atoms with Gasteiger partial charge in [-0.1, -0.05) is 30.3 Å². The van der Waals surface area contributed by atoms with E-state index in [-0.39, 0.29) is 11.8 Å². The Kier molecular flexibility index (Phi) is 5.40. The molecule has 0 atom stereocenters. The average molecular weight is 338 g/mol. The molecule has 1 fully saturated rings. The smallest absolute Gasteiger partial charge is 0.239 e. The van der Waals surface area contributed by atoms with Crippen LogP contribution in [0.2, 0.25) is 0 Å². The summed E-state index contributed by atoms with van der Waals surface area (Å²) in [7, 11) is 0. The first-order valence-electron chi connectivity index (χ1n) is 8.41. The maximum Gasteiger partial charge on any atom is 0.239 e. The number of carbonyl (C=O) groups is 2. The van der Waals surface area contributed by atoms with Gasteiger partial charge in [0.05, 0.1) is 6.54 Å². The number of amides is 2. The van der Waals surface area contributed by atoms with E-state index in [1.165, 1.54) is 0 Å². The van der Waals surface area contributed by atoms with Crippen LogP contribution < -0.4 is 5.32 Å². The Balaban J connectivity index is 1.51. The van der Waals surface area contributed by atoms with Gasteiger partial charge in [0, 0.05) is 44.9 Å². The van der Waals surface area contributed by atoms with E-state index in [2.05, 4.69) is 10.3 Å². The van der Waals surface area contributed by atoms with E-state index in [0.717, 1.165) is 11.1 Å². The largest absolute Gasteiger partial charge is 0.340 e. The SMILES string of the molecule is CC(=O)N1CCN(CC(=O)Nc2ccc(-c3ccccc3)cn2)CC1. The fourth-order valence-electron chi connectivity index (χ4n) is 2.88. The molecule has 2 heterocycles. The molecule has 6 heteroatoms. The van der Waals surface area contributed by atoms with Crippen molar-refractivity contribution in [1.29, 1.82) is 0 Å². The van der Waals surface area contributed by atoms with E-state index in [1.54, 1.807) is 18.0 Å². The van der Waals surface area contributed by atoms with E-state index >= 15 is 0 Å². The van der Waals surface area contributed by atoms with E-state index < -0.39 is 0 Å². The number of hydrogen-bond donors (Lipinski definition) is 1. The lowest BCUT2D eigenvalue weighted by Crippen LogP contribution is -2.49. The summed E-state index contributed by atoms with van der Waals surface area (Å²) in [4.78, 5) is 31.7. The maximum absolute atomic E-state index is 12.2. The van der Waals surface area contributed by atoms with E-state index in [1.807, 2.05) is 47.4 Å². The summed E-state index contributed by atoms with van der Waals surface area (Å²) in [6.07, 6.45) is 1.76. The van der Waals surface area contributed by atoms with Crippen LogP contribution in [0.4, 0.5) is 5.82 Å². The Morgan fingerprint density at radius 3 is 2.32 bits per heavy atom. The van der Waals surface area contributed by atoms with Crippen LogP contribution in [0.1, 0.15) is 6.92 Å². The van der Waals surface area contributed by atoms with Gasteiger partial charge in [-0.25, -0.2) is 4.98 Å². The number of piperazine rings is 1. The summed E-state index contributed by atoms with van der Waals surface area (Å²) in [5, 5.41) is 2.83. The molecule has 0 radical (unpaired) electrons. The van der Waals surface area contributed by atoms with Crippen molar-refractivity contribution in [3.8, 4) is 11.1 Å². The first-order chi connectivity index (χ1) is 12.1. The van der Waals surface area contributed by atoms with Crippen molar-refractivity contribution in [3.63, 3.8) is 0 Å². The van der Waals surface area contributed by atoms with Gasteiger partial charge >= 0.3 is 0 Å². The fraction of sp³-hybridized carbons (Fsp3) is 0.316. The number of benzene rings is 1. The Morgan fingerprint density at radius 2 is 1.72 bits per heavy atom. The van der Waals surface area contributed by atoms with Crippen molar-refractivity contribution < 1.29 is 9.59 Å². The van der Waals surface area contributed by atoms with Crippen molar-refractivity contribution in [2.45, 2.75) is 6.92 Å². The van der Waals surface area contributed by atoms with Crippen LogP contribution in [-0.2, 0) is 9.59 Å². The first-order valence-corrected chi connectivity index (χ1v) is 8.41. The van der Waals surface area contributed by atoms with E-state index in [9.17, 15) is 9.59 Å². The predicted octanol–water partition coefficient (Wildman–Crippen LogP) is 1.85. The number of anilines is 1. The van der Waals surface area contributed by atoms with E-state index in [4.69, 9.17) is 0 Å². The molecule has 1 aliphatic heterocycles. The van der Waals surface area contributed by atoms with Crippen molar-refractivity contribution in [3.05, 3.63) is 48.7 Å². The minimum Gasteiger partial charge on any atom is -0.340 e. The summed E-state index contributed by atoms with van der Waals surface area (Å²) >= 11 is 0. The Labute approximate surface area is 147 Å². The quantitative estimate of drug-likeness (QED) is 0.924. The van der Waals surface area contributed by atoms with Gasteiger partial charge in [-0.05, 0) is 17.7 Å². The second kappa shape index (κ2) is 7.90. The molecule has 0 unspecified atom stereocenters. The molecule has 1 aromatic carbocycles. The molecule has 6 nitrogen and oxygen atoms in total. The van der Waals surface area contributed by atoms with Crippen LogP contribution in [0, 0.1) is 0 Å². The van der Waals surface area contributed by atoms with Crippen molar-refractivity contribution >= 4 is 17.6 Å². The highest BCUT2D eigenvalue weighted by Gasteiger charge is 2.20. The van der Waals surface area contributed by atoms with Crippen LogP contribution in [0.3, 0.4) is 0 Å². The Hall–Kier alpha value is -2.73. The maximum atomic E-state index is 12.2. The number of nitrogens with zero attached hydrogens (tertiary/aromatic N) is 3.